The number of hydrogen-bond acceptors (Lipinski definition) is 1. The topological polar surface area (TPSA) is 20.2 Å². The van der Waals surface area contributed by atoms with Gasteiger partial charge in [0, 0.05) is 11.6 Å². The van der Waals surface area contributed by atoms with E-state index in [1.54, 1.807) is 0 Å². The van der Waals surface area contributed by atoms with E-state index in [0.29, 0.717) is 18.4 Å². The van der Waals surface area contributed by atoms with E-state index < -0.39 is 0 Å². The lowest BCUT2D eigenvalue weighted by atomic mass is 10.1. The summed E-state index contributed by atoms with van der Waals surface area (Å²) >= 11 is 6.17. The predicted octanol–water partition coefficient (Wildman–Crippen LogP) is 3.13. The molecule has 14 heavy (non-hydrogen) atoms. The van der Waals surface area contributed by atoms with Crippen molar-refractivity contribution in [2.75, 3.05) is 6.61 Å². The first kappa shape index (κ1) is 10.0. The third kappa shape index (κ3) is 1.94. The Balaban J connectivity index is 2.11. The molecule has 0 aromatic heterocycles. The van der Waals surface area contributed by atoms with Gasteiger partial charge in [-0.05, 0) is 48.8 Å². The Labute approximate surface area is 89.7 Å². The van der Waals surface area contributed by atoms with Crippen LogP contribution in [-0.2, 0) is 0 Å². The van der Waals surface area contributed by atoms with Gasteiger partial charge in [-0.2, -0.15) is 0 Å². The molecule has 1 aromatic rings. The summed E-state index contributed by atoms with van der Waals surface area (Å²) < 4.78 is 0. The number of aliphatic hydroxyl groups is 1. The van der Waals surface area contributed by atoms with E-state index in [1.807, 2.05) is 13.0 Å². The summed E-state index contributed by atoms with van der Waals surface area (Å²) in [5.41, 5.74) is 2.47. The zero-order valence-corrected chi connectivity index (χ0v) is 9.09. The third-order valence-electron chi connectivity index (χ3n) is 2.98. The normalized spacial score (nSPS) is 25.1. The van der Waals surface area contributed by atoms with E-state index in [-0.39, 0.29) is 0 Å². The van der Waals surface area contributed by atoms with Gasteiger partial charge in [-0.3, -0.25) is 0 Å². The van der Waals surface area contributed by atoms with Gasteiger partial charge in [0.15, 0.2) is 0 Å². The van der Waals surface area contributed by atoms with Crippen molar-refractivity contribution in [3.63, 3.8) is 0 Å². The first-order valence-corrected chi connectivity index (χ1v) is 5.47. The lowest BCUT2D eigenvalue weighted by Crippen LogP contribution is -1.89. The zero-order chi connectivity index (χ0) is 10.1. The van der Waals surface area contributed by atoms with Gasteiger partial charge in [-0.25, -0.2) is 0 Å². The van der Waals surface area contributed by atoms with Crippen LogP contribution in [0, 0.1) is 12.8 Å². The highest BCUT2D eigenvalue weighted by atomic mass is 35.5. The Morgan fingerprint density at radius 1 is 1.50 bits per heavy atom. The molecule has 76 valence electrons. The molecule has 1 aliphatic rings. The molecule has 0 saturated heterocycles. The molecule has 1 nitrogen and oxygen atoms in total. The summed E-state index contributed by atoms with van der Waals surface area (Å²) in [6.45, 7) is 2.35. The number of benzene rings is 1. The van der Waals surface area contributed by atoms with Crippen molar-refractivity contribution < 1.29 is 5.11 Å². The highest BCUT2D eigenvalue weighted by molar-refractivity contribution is 6.31. The number of hydrogen-bond donors (Lipinski definition) is 1. The molecule has 0 amide bonds. The maximum atomic E-state index is 8.82. The fourth-order valence-corrected chi connectivity index (χ4v) is 2.42. The summed E-state index contributed by atoms with van der Waals surface area (Å²) in [6.07, 6.45) is 2.10. The molecule has 2 heteroatoms. The highest BCUT2D eigenvalue weighted by Crippen LogP contribution is 2.51. The van der Waals surface area contributed by atoms with E-state index in [1.165, 1.54) is 17.5 Å². The smallest absolute Gasteiger partial charge is 0.0443 e. The van der Waals surface area contributed by atoms with Crippen molar-refractivity contribution in [1.82, 2.24) is 0 Å². The van der Waals surface area contributed by atoms with E-state index in [2.05, 4.69) is 12.1 Å². The Morgan fingerprint density at radius 2 is 2.29 bits per heavy atom. The molecule has 2 atom stereocenters. The lowest BCUT2D eigenvalue weighted by molar-refractivity contribution is 0.279. The van der Waals surface area contributed by atoms with E-state index in [9.17, 15) is 0 Å². The van der Waals surface area contributed by atoms with Crippen LogP contribution in [0.2, 0.25) is 5.02 Å². The van der Waals surface area contributed by atoms with Crippen LogP contribution in [0.25, 0.3) is 0 Å². The Kier molecular flexibility index (Phi) is 2.80. The van der Waals surface area contributed by atoms with E-state index in [4.69, 9.17) is 16.7 Å². The van der Waals surface area contributed by atoms with Crippen molar-refractivity contribution >= 4 is 11.6 Å². The average molecular weight is 211 g/mol. The number of halogens is 1. The standard InChI is InChI=1S/C12H15ClO/c1-8-2-3-10(12(13)6-8)11-7-9(11)4-5-14/h2-3,6,9,11,14H,4-5,7H2,1H3. The van der Waals surface area contributed by atoms with Gasteiger partial charge in [0.1, 0.15) is 0 Å². The second-order valence-electron chi connectivity index (χ2n) is 4.14. The van der Waals surface area contributed by atoms with Gasteiger partial charge in [-0.1, -0.05) is 23.7 Å². The minimum absolute atomic E-state index is 0.296. The summed E-state index contributed by atoms with van der Waals surface area (Å²) in [7, 11) is 0. The molecule has 1 aliphatic carbocycles. The van der Waals surface area contributed by atoms with Gasteiger partial charge in [0.2, 0.25) is 0 Å². The molecule has 1 saturated carbocycles. The van der Waals surface area contributed by atoms with Crippen LogP contribution in [-0.4, -0.2) is 11.7 Å². The second-order valence-corrected chi connectivity index (χ2v) is 4.55. The van der Waals surface area contributed by atoms with Gasteiger partial charge < -0.3 is 5.11 Å². The first-order chi connectivity index (χ1) is 6.72. The monoisotopic (exact) mass is 210 g/mol. The minimum Gasteiger partial charge on any atom is -0.396 e. The van der Waals surface area contributed by atoms with Crippen LogP contribution in [0.5, 0.6) is 0 Å². The number of rotatable bonds is 3. The van der Waals surface area contributed by atoms with Gasteiger partial charge >= 0.3 is 0 Å². The second kappa shape index (κ2) is 3.92. The van der Waals surface area contributed by atoms with Gasteiger partial charge in [0.05, 0.1) is 0 Å². The van der Waals surface area contributed by atoms with Crippen LogP contribution in [0.4, 0.5) is 0 Å². The Hall–Kier alpha value is -0.530. The van der Waals surface area contributed by atoms with Crippen LogP contribution in [0.15, 0.2) is 18.2 Å². The summed E-state index contributed by atoms with van der Waals surface area (Å²) in [5, 5.41) is 9.71. The third-order valence-corrected chi connectivity index (χ3v) is 3.31. The van der Waals surface area contributed by atoms with Crippen LogP contribution < -0.4 is 0 Å². The van der Waals surface area contributed by atoms with Crippen LogP contribution in [0.1, 0.15) is 29.9 Å². The Morgan fingerprint density at radius 3 is 2.93 bits per heavy atom. The molecule has 0 spiro atoms. The largest absolute Gasteiger partial charge is 0.396 e. The van der Waals surface area contributed by atoms with Gasteiger partial charge in [-0.15, -0.1) is 0 Å². The van der Waals surface area contributed by atoms with Crippen molar-refractivity contribution in [2.24, 2.45) is 5.92 Å². The van der Waals surface area contributed by atoms with Gasteiger partial charge in [0.25, 0.3) is 0 Å². The predicted molar refractivity (Wildman–Crippen MR) is 58.7 cm³/mol. The molecule has 0 heterocycles. The molecule has 1 N–H and O–H groups in total. The van der Waals surface area contributed by atoms with Crippen LogP contribution in [0.3, 0.4) is 0 Å². The molecule has 0 radical (unpaired) electrons. The molecule has 1 fully saturated rings. The number of aliphatic hydroxyl groups excluding tert-OH is 1. The molecular formula is C12H15ClO. The molecule has 2 unspecified atom stereocenters. The number of aryl methyl sites for hydroxylation is 1. The highest BCUT2D eigenvalue weighted by Gasteiger charge is 2.38. The van der Waals surface area contributed by atoms with Crippen molar-refractivity contribution in [3.8, 4) is 0 Å². The van der Waals surface area contributed by atoms with E-state index >= 15 is 0 Å². The summed E-state index contributed by atoms with van der Waals surface area (Å²) in [6, 6.07) is 6.25. The molecule has 0 aliphatic heterocycles. The van der Waals surface area contributed by atoms with Crippen LogP contribution >= 0.6 is 11.6 Å². The van der Waals surface area contributed by atoms with Crippen molar-refractivity contribution in [3.05, 3.63) is 34.3 Å². The molecular weight excluding hydrogens is 196 g/mol. The molecule has 0 bridgehead atoms. The summed E-state index contributed by atoms with van der Waals surface area (Å²) in [4.78, 5) is 0. The quantitative estimate of drug-likeness (QED) is 0.813. The first-order valence-electron chi connectivity index (χ1n) is 5.09. The Bertz CT molecular complexity index is 335. The molecule has 1 aromatic carbocycles. The SMILES string of the molecule is Cc1ccc(C2CC2CCO)c(Cl)c1. The fraction of sp³-hybridized carbons (Fsp3) is 0.500. The van der Waals surface area contributed by atoms with Crippen molar-refractivity contribution in [2.45, 2.75) is 25.7 Å². The summed E-state index contributed by atoms with van der Waals surface area (Å²) in [5.74, 6) is 1.25. The lowest BCUT2D eigenvalue weighted by Gasteiger charge is -2.04. The van der Waals surface area contributed by atoms with Crippen molar-refractivity contribution in [1.29, 1.82) is 0 Å². The fourth-order valence-electron chi connectivity index (χ4n) is 2.05. The molecule has 2 rings (SSSR count). The average Bonchev–Trinajstić information content (AvgIpc) is 2.84. The zero-order valence-electron chi connectivity index (χ0n) is 8.33. The maximum Gasteiger partial charge on any atom is 0.0443 e. The maximum absolute atomic E-state index is 8.82. The minimum atomic E-state index is 0.296. The van der Waals surface area contributed by atoms with E-state index in [0.717, 1.165) is 11.4 Å².